The van der Waals surface area contributed by atoms with Crippen LogP contribution in [0.5, 0.6) is 5.75 Å². The summed E-state index contributed by atoms with van der Waals surface area (Å²) in [6, 6.07) is 4.67. The first-order valence-corrected chi connectivity index (χ1v) is 7.38. The van der Waals surface area contributed by atoms with Gasteiger partial charge in [0, 0.05) is 17.5 Å². The number of rotatable bonds is 5. The van der Waals surface area contributed by atoms with E-state index in [-0.39, 0.29) is 33.7 Å². The van der Waals surface area contributed by atoms with E-state index in [0.29, 0.717) is 11.5 Å². The summed E-state index contributed by atoms with van der Waals surface area (Å²) in [6.45, 7) is 5.24. The Labute approximate surface area is 138 Å². The molecule has 1 amide bonds. The van der Waals surface area contributed by atoms with Gasteiger partial charge < -0.3 is 14.6 Å². The summed E-state index contributed by atoms with van der Waals surface area (Å²) < 4.78 is 10.2. The predicted molar refractivity (Wildman–Crippen MR) is 86.6 cm³/mol. The minimum Gasteiger partial charge on any atom is -0.495 e. The molecule has 6 nitrogen and oxygen atoms in total. The van der Waals surface area contributed by atoms with Crippen molar-refractivity contribution in [3.05, 3.63) is 40.2 Å². The van der Waals surface area contributed by atoms with E-state index in [4.69, 9.17) is 20.9 Å². The highest BCUT2D eigenvalue weighted by atomic mass is 35.5. The van der Waals surface area contributed by atoms with Crippen molar-refractivity contribution in [1.29, 1.82) is 0 Å². The quantitative estimate of drug-likeness (QED) is 0.837. The third-order valence-corrected chi connectivity index (χ3v) is 3.65. The van der Waals surface area contributed by atoms with Gasteiger partial charge in [-0.15, -0.1) is 0 Å². The molecule has 0 aliphatic heterocycles. The zero-order chi connectivity index (χ0) is 17.1. The Morgan fingerprint density at radius 3 is 2.57 bits per heavy atom. The molecule has 0 saturated carbocycles. The maximum atomic E-state index is 12.3. The lowest BCUT2D eigenvalue weighted by atomic mass is 10.1. The van der Waals surface area contributed by atoms with E-state index in [0.717, 1.165) is 0 Å². The molecule has 0 aliphatic rings. The number of hydrogen-bond acceptors (Lipinski definition) is 5. The minimum atomic E-state index is -0.515. The average Bonchev–Trinajstić information content (AvgIpc) is 2.99. The maximum Gasteiger partial charge on any atom is 0.277 e. The molecule has 7 heteroatoms. The van der Waals surface area contributed by atoms with Gasteiger partial charge in [0.05, 0.1) is 12.8 Å². The number of nitrogens with one attached hydrogen (secondary N) is 1. The number of aromatic nitrogens is 1. The molecule has 0 bridgehead atoms. The Bertz CT molecular complexity index is 753. The SMILES string of the molecule is COc1ccc(C(C)=O)c(NC(=O)c2cc(C(C)C)on2)c1Cl. The molecule has 1 aromatic heterocycles. The summed E-state index contributed by atoms with van der Waals surface area (Å²) in [5, 5.41) is 6.50. The van der Waals surface area contributed by atoms with Gasteiger partial charge in [-0.1, -0.05) is 30.6 Å². The Kier molecular flexibility index (Phi) is 5.05. The van der Waals surface area contributed by atoms with Gasteiger partial charge >= 0.3 is 0 Å². The summed E-state index contributed by atoms with van der Waals surface area (Å²) >= 11 is 6.21. The van der Waals surface area contributed by atoms with E-state index in [9.17, 15) is 9.59 Å². The highest BCUT2D eigenvalue weighted by Gasteiger charge is 2.20. The highest BCUT2D eigenvalue weighted by molar-refractivity contribution is 6.36. The van der Waals surface area contributed by atoms with Crippen molar-refractivity contribution < 1.29 is 18.8 Å². The molecule has 122 valence electrons. The Balaban J connectivity index is 2.37. The molecular formula is C16H17ClN2O4. The number of nitrogens with zero attached hydrogens (tertiary/aromatic N) is 1. The van der Waals surface area contributed by atoms with Crippen molar-refractivity contribution in [2.75, 3.05) is 12.4 Å². The number of anilines is 1. The molecule has 2 rings (SSSR count). The Hall–Kier alpha value is -2.34. The topological polar surface area (TPSA) is 81.4 Å². The fourth-order valence-electron chi connectivity index (χ4n) is 1.98. The van der Waals surface area contributed by atoms with Crippen LogP contribution in [0.3, 0.4) is 0 Å². The van der Waals surface area contributed by atoms with Gasteiger partial charge in [0.2, 0.25) is 0 Å². The fraction of sp³-hybridized carbons (Fsp3) is 0.312. The maximum absolute atomic E-state index is 12.3. The zero-order valence-electron chi connectivity index (χ0n) is 13.3. The molecule has 0 unspecified atom stereocenters. The second-order valence-electron chi connectivity index (χ2n) is 5.28. The standard InChI is InChI=1S/C16H17ClN2O4/c1-8(2)13-7-11(19-23-13)16(21)18-15-10(9(3)20)5-6-12(22-4)14(15)17/h5-8H,1-4H3,(H,18,21). The molecule has 1 N–H and O–H groups in total. The van der Waals surface area contributed by atoms with Crippen molar-refractivity contribution in [3.8, 4) is 5.75 Å². The number of halogens is 1. The van der Waals surface area contributed by atoms with E-state index in [1.165, 1.54) is 14.0 Å². The summed E-state index contributed by atoms with van der Waals surface area (Å²) in [6.07, 6.45) is 0. The van der Waals surface area contributed by atoms with Gasteiger partial charge in [-0.05, 0) is 19.1 Å². The Morgan fingerprint density at radius 2 is 2.04 bits per heavy atom. The van der Waals surface area contributed by atoms with Crippen LogP contribution in [-0.4, -0.2) is 24.0 Å². The normalized spacial score (nSPS) is 10.7. The lowest BCUT2D eigenvalue weighted by molar-refractivity contribution is 0.101. The van der Waals surface area contributed by atoms with Crippen LogP contribution in [0.4, 0.5) is 5.69 Å². The van der Waals surface area contributed by atoms with Gasteiger partial charge in [0.15, 0.2) is 11.5 Å². The number of methoxy groups -OCH3 is 1. The molecular weight excluding hydrogens is 320 g/mol. The minimum absolute atomic E-state index is 0.109. The number of benzene rings is 1. The summed E-state index contributed by atoms with van der Waals surface area (Å²) in [5.41, 5.74) is 0.594. The van der Waals surface area contributed by atoms with E-state index in [2.05, 4.69) is 10.5 Å². The molecule has 23 heavy (non-hydrogen) atoms. The van der Waals surface area contributed by atoms with E-state index >= 15 is 0 Å². The van der Waals surface area contributed by atoms with E-state index in [1.807, 2.05) is 13.8 Å². The summed E-state index contributed by atoms with van der Waals surface area (Å²) in [7, 11) is 1.45. The summed E-state index contributed by atoms with van der Waals surface area (Å²) in [5.74, 6) is 0.317. The first-order valence-electron chi connectivity index (χ1n) is 7.00. The molecule has 1 heterocycles. The monoisotopic (exact) mass is 336 g/mol. The smallest absolute Gasteiger partial charge is 0.277 e. The number of hydrogen-bond donors (Lipinski definition) is 1. The molecule has 0 spiro atoms. The number of ether oxygens (including phenoxy) is 1. The van der Waals surface area contributed by atoms with Crippen LogP contribution >= 0.6 is 11.6 Å². The largest absolute Gasteiger partial charge is 0.495 e. The number of carbonyl (C=O) groups excluding carboxylic acids is 2. The van der Waals surface area contributed by atoms with Crippen LogP contribution in [0.1, 0.15) is 53.3 Å². The molecule has 2 aromatic rings. The Morgan fingerprint density at radius 1 is 1.35 bits per heavy atom. The fourth-order valence-corrected chi connectivity index (χ4v) is 2.27. The van der Waals surface area contributed by atoms with Gasteiger partial charge in [-0.3, -0.25) is 9.59 Å². The van der Waals surface area contributed by atoms with E-state index < -0.39 is 5.91 Å². The van der Waals surface area contributed by atoms with Crippen LogP contribution in [0.25, 0.3) is 0 Å². The molecule has 0 saturated heterocycles. The molecule has 1 aromatic carbocycles. The third kappa shape index (κ3) is 3.53. The highest BCUT2D eigenvalue weighted by Crippen LogP contribution is 2.35. The lowest BCUT2D eigenvalue weighted by Gasteiger charge is -2.13. The van der Waals surface area contributed by atoms with Crippen LogP contribution in [0, 0.1) is 0 Å². The van der Waals surface area contributed by atoms with Gasteiger partial charge in [0.25, 0.3) is 5.91 Å². The number of amides is 1. The number of Topliss-reactive ketones (excluding diaryl/α,β-unsaturated/α-hetero) is 1. The van der Waals surface area contributed by atoms with Crippen molar-refractivity contribution in [3.63, 3.8) is 0 Å². The lowest BCUT2D eigenvalue weighted by Crippen LogP contribution is -2.15. The van der Waals surface area contributed by atoms with Crippen molar-refractivity contribution in [1.82, 2.24) is 5.16 Å². The first kappa shape index (κ1) is 17.0. The molecule has 0 atom stereocenters. The first-order chi connectivity index (χ1) is 10.8. The van der Waals surface area contributed by atoms with E-state index in [1.54, 1.807) is 18.2 Å². The van der Waals surface area contributed by atoms with Crippen LogP contribution in [0.2, 0.25) is 5.02 Å². The average molecular weight is 337 g/mol. The zero-order valence-corrected chi connectivity index (χ0v) is 14.0. The molecule has 0 aliphatic carbocycles. The predicted octanol–water partition coefficient (Wildman–Crippen LogP) is 3.91. The van der Waals surface area contributed by atoms with Gasteiger partial charge in [0.1, 0.15) is 16.5 Å². The summed E-state index contributed by atoms with van der Waals surface area (Å²) in [4.78, 5) is 24.1. The number of ketones is 1. The molecule has 0 fully saturated rings. The second kappa shape index (κ2) is 6.83. The van der Waals surface area contributed by atoms with Crippen molar-refractivity contribution in [2.45, 2.75) is 26.7 Å². The second-order valence-corrected chi connectivity index (χ2v) is 5.66. The van der Waals surface area contributed by atoms with Gasteiger partial charge in [-0.25, -0.2) is 0 Å². The van der Waals surface area contributed by atoms with Gasteiger partial charge in [-0.2, -0.15) is 0 Å². The molecule has 0 radical (unpaired) electrons. The van der Waals surface area contributed by atoms with Crippen LogP contribution in [-0.2, 0) is 0 Å². The third-order valence-electron chi connectivity index (χ3n) is 3.27. The van der Waals surface area contributed by atoms with Crippen molar-refractivity contribution in [2.24, 2.45) is 0 Å². The van der Waals surface area contributed by atoms with Crippen LogP contribution < -0.4 is 10.1 Å². The number of carbonyl (C=O) groups is 2. The van der Waals surface area contributed by atoms with Crippen LogP contribution in [0.15, 0.2) is 22.7 Å². The van der Waals surface area contributed by atoms with Crippen molar-refractivity contribution >= 4 is 29.0 Å².